The summed E-state index contributed by atoms with van der Waals surface area (Å²) in [6.45, 7) is 3.98. The number of aromatic carboxylic acids is 1. The second kappa shape index (κ2) is 6.66. The molecule has 1 aliphatic rings. The maximum Gasteiger partial charge on any atom is 0.335 e. The van der Waals surface area contributed by atoms with Gasteiger partial charge in [0.15, 0.2) is 0 Å². The third-order valence-corrected chi connectivity index (χ3v) is 5.30. The summed E-state index contributed by atoms with van der Waals surface area (Å²) in [6, 6.07) is 2.91. The van der Waals surface area contributed by atoms with Gasteiger partial charge in [0.1, 0.15) is 0 Å². The fraction of sp³-hybridized carbons (Fsp3) is 0.533. The largest absolute Gasteiger partial charge is 0.478 e. The number of nitrogens with one attached hydrogen (secondary N) is 1. The van der Waals surface area contributed by atoms with Gasteiger partial charge in [-0.3, -0.25) is 4.72 Å². The van der Waals surface area contributed by atoms with E-state index in [2.05, 4.69) is 4.72 Å². The van der Waals surface area contributed by atoms with Crippen LogP contribution in [0.4, 0.5) is 5.69 Å². The first-order chi connectivity index (χ1) is 10.3. The van der Waals surface area contributed by atoms with E-state index in [1.165, 1.54) is 12.1 Å². The molecule has 0 aliphatic carbocycles. The number of ether oxygens (including phenoxy) is 1. The molecule has 1 aliphatic heterocycles. The van der Waals surface area contributed by atoms with Gasteiger partial charge in [0.05, 0.1) is 23.1 Å². The first kappa shape index (κ1) is 16.8. The normalized spacial score (nSPS) is 18.9. The van der Waals surface area contributed by atoms with Gasteiger partial charge in [-0.25, -0.2) is 13.2 Å². The van der Waals surface area contributed by atoms with E-state index in [4.69, 9.17) is 9.84 Å². The number of benzene rings is 1. The minimum atomic E-state index is -3.53. The summed E-state index contributed by atoms with van der Waals surface area (Å²) in [5, 5.41) is 9.07. The Balaban J connectivity index is 2.15. The molecule has 7 heteroatoms. The molecule has 2 rings (SSSR count). The number of carbonyl (C=O) groups is 1. The van der Waals surface area contributed by atoms with Crippen LogP contribution in [0.2, 0.25) is 0 Å². The average molecular weight is 327 g/mol. The topological polar surface area (TPSA) is 92.7 Å². The molecule has 0 saturated carbocycles. The molecule has 1 aromatic rings. The van der Waals surface area contributed by atoms with Gasteiger partial charge < -0.3 is 9.84 Å². The maximum absolute atomic E-state index is 12.2. The Hall–Kier alpha value is -1.60. The van der Waals surface area contributed by atoms with Crippen molar-refractivity contribution in [3.05, 3.63) is 28.8 Å². The Morgan fingerprint density at radius 3 is 2.64 bits per heavy atom. The van der Waals surface area contributed by atoms with Gasteiger partial charge in [-0.15, -0.1) is 0 Å². The summed E-state index contributed by atoms with van der Waals surface area (Å²) in [5.74, 6) is -1.10. The molecule has 6 nitrogen and oxygen atoms in total. The van der Waals surface area contributed by atoms with Crippen LogP contribution >= 0.6 is 0 Å². The van der Waals surface area contributed by atoms with Gasteiger partial charge in [-0.05, 0) is 56.4 Å². The highest BCUT2D eigenvalue weighted by molar-refractivity contribution is 7.92. The van der Waals surface area contributed by atoms with E-state index in [9.17, 15) is 13.2 Å². The Kier molecular flexibility index (Phi) is 5.08. The number of anilines is 1. The zero-order valence-corrected chi connectivity index (χ0v) is 13.6. The maximum atomic E-state index is 12.2. The highest BCUT2D eigenvalue weighted by Crippen LogP contribution is 2.24. The highest BCUT2D eigenvalue weighted by atomic mass is 32.2. The van der Waals surface area contributed by atoms with Crippen LogP contribution in [-0.4, -0.2) is 38.0 Å². The van der Waals surface area contributed by atoms with Crippen molar-refractivity contribution < 1.29 is 23.1 Å². The van der Waals surface area contributed by atoms with E-state index in [0.717, 1.165) is 19.3 Å². The van der Waals surface area contributed by atoms with E-state index in [1.54, 1.807) is 13.8 Å². The molecule has 1 unspecified atom stereocenters. The summed E-state index contributed by atoms with van der Waals surface area (Å²) < 4.78 is 32.5. The van der Waals surface area contributed by atoms with Crippen LogP contribution in [0, 0.1) is 13.8 Å². The molecular weight excluding hydrogens is 306 g/mol. The summed E-state index contributed by atoms with van der Waals surface area (Å²) in [4.78, 5) is 11.1. The second-order valence-corrected chi connectivity index (χ2v) is 7.35. The van der Waals surface area contributed by atoms with Crippen LogP contribution in [0.25, 0.3) is 0 Å². The third-order valence-electron chi connectivity index (χ3n) is 3.96. The smallest absolute Gasteiger partial charge is 0.335 e. The molecule has 1 saturated heterocycles. The van der Waals surface area contributed by atoms with Crippen molar-refractivity contribution in [1.29, 1.82) is 0 Å². The van der Waals surface area contributed by atoms with Gasteiger partial charge >= 0.3 is 5.97 Å². The van der Waals surface area contributed by atoms with E-state index < -0.39 is 16.0 Å². The van der Waals surface area contributed by atoms with Gasteiger partial charge in [-0.2, -0.15) is 0 Å². The lowest BCUT2D eigenvalue weighted by molar-refractivity contribution is 0.0306. The van der Waals surface area contributed by atoms with Crippen LogP contribution in [-0.2, 0) is 14.8 Å². The minimum Gasteiger partial charge on any atom is -0.478 e. The highest BCUT2D eigenvalue weighted by Gasteiger charge is 2.23. The standard InChI is InChI=1S/C15H21NO5S/c1-10-11(2)14(7-6-13(10)15(17)18)16-22(19,20)9-12-5-3-4-8-21-12/h6-7,12,16H,3-5,8-9H2,1-2H3,(H,17,18). The zero-order valence-electron chi connectivity index (χ0n) is 12.8. The van der Waals surface area contributed by atoms with Gasteiger partial charge in [-0.1, -0.05) is 0 Å². The molecule has 2 N–H and O–H groups in total. The molecule has 1 aromatic carbocycles. The number of carboxylic acids is 1. The monoisotopic (exact) mass is 327 g/mol. The van der Waals surface area contributed by atoms with Crippen molar-refractivity contribution in [2.24, 2.45) is 0 Å². The van der Waals surface area contributed by atoms with Gasteiger partial charge in [0.25, 0.3) is 0 Å². The fourth-order valence-electron chi connectivity index (χ4n) is 2.56. The molecule has 0 bridgehead atoms. The molecule has 1 heterocycles. The zero-order chi connectivity index (χ0) is 16.3. The number of hydrogen-bond donors (Lipinski definition) is 2. The Morgan fingerprint density at radius 1 is 1.32 bits per heavy atom. The molecule has 0 amide bonds. The first-order valence-corrected chi connectivity index (χ1v) is 8.91. The van der Waals surface area contributed by atoms with Crippen LogP contribution in [0.3, 0.4) is 0 Å². The van der Waals surface area contributed by atoms with Crippen LogP contribution in [0.1, 0.15) is 40.7 Å². The first-order valence-electron chi connectivity index (χ1n) is 7.26. The lowest BCUT2D eigenvalue weighted by atomic mass is 10.0. The van der Waals surface area contributed by atoms with E-state index in [1.807, 2.05) is 0 Å². The van der Waals surface area contributed by atoms with Crippen molar-refractivity contribution in [3.8, 4) is 0 Å². The van der Waals surface area contributed by atoms with E-state index in [0.29, 0.717) is 23.4 Å². The minimum absolute atomic E-state index is 0.0772. The van der Waals surface area contributed by atoms with Gasteiger partial charge in [0.2, 0.25) is 10.0 Å². The molecule has 0 spiro atoms. The Morgan fingerprint density at radius 2 is 2.05 bits per heavy atom. The predicted octanol–water partition coefficient (Wildman–Crippen LogP) is 2.31. The van der Waals surface area contributed by atoms with E-state index >= 15 is 0 Å². The predicted molar refractivity (Wildman–Crippen MR) is 83.9 cm³/mol. The van der Waals surface area contributed by atoms with E-state index in [-0.39, 0.29) is 17.4 Å². The van der Waals surface area contributed by atoms with Gasteiger partial charge in [0, 0.05) is 6.61 Å². The molecule has 1 fully saturated rings. The lowest BCUT2D eigenvalue weighted by Crippen LogP contribution is -2.31. The average Bonchev–Trinajstić information content (AvgIpc) is 2.44. The fourth-order valence-corrected chi connectivity index (χ4v) is 3.95. The third kappa shape index (κ3) is 3.98. The quantitative estimate of drug-likeness (QED) is 0.866. The number of sulfonamides is 1. The van der Waals surface area contributed by atoms with Crippen LogP contribution in [0.5, 0.6) is 0 Å². The molecule has 122 valence electrons. The summed E-state index contributed by atoms with van der Waals surface area (Å²) in [5.41, 5.74) is 1.77. The van der Waals surface area contributed by atoms with Crippen molar-refractivity contribution in [1.82, 2.24) is 0 Å². The molecular formula is C15H21NO5S. The van der Waals surface area contributed by atoms with Crippen LogP contribution in [0.15, 0.2) is 12.1 Å². The Labute approximate surface area is 130 Å². The summed E-state index contributed by atoms with van der Waals surface area (Å²) >= 11 is 0. The SMILES string of the molecule is Cc1c(NS(=O)(=O)CC2CCCCO2)ccc(C(=O)O)c1C. The molecule has 22 heavy (non-hydrogen) atoms. The second-order valence-electron chi connectivity index (χ2n) is 5.59. The van der Waals surface area contributed by atoms with Crippen LogP contribution < -0.4 is 4.72 Å². The summed E-state index contributed by atoms with van der Waals surface area (Å²) in [6.07, 6.45) is 2.42. The lowest BCUT2D eigenvalue weighted by Gasteiger charge is -2.23. The molecule has 0 radical (unpaired) electrons. The van der Waals surface area contributed by atoms with Crippen molar-refractivity contribution in [2.75, 3.05) is 17.1 Å². The Bertz CT molecular complexity index is 663. The summed E-state index contributed by atoms with van der Waals surface area (Å²) in [7, 11) is -3.53. The number of rotatable bonds is 5. The van der Waals surface area contributed by atoms with Crippen molar-refractivity contribution >= 4 is 21.7 Å². The molecule has 0 aromatic heterocycles. The number of hydrogen-bond acceptors (Lipinski definition) is 4. The molecule has 1 atom stereocenters. The van der Waals surface area contributed by atoms with Crippen molar-refractivity contribution in [3.63, 3.8) is 0 Å². The number of carboxylic acid groups (broad SMARTS) is 1. The van der Waals surface area contributed by atoms with Crippen molar-refractivity contribution in [2.45, 2.75) is 39.2 Å².